The Kier molecular flexibility index (Phi) is 6.46. The number of carbonyl (C=O) groups excluding carboxylic acids is 1. The van der Waals surface area contributed by atoms with E-state index in [0.29, 0.717) is 17.2 Å². The largest absolute Gasteiger partial charge is 0.340 e. The van der Waals surface area contributed by atoms with E-state index in [9.17, 15) is 4.79 Å². The van der Waals surface area contributed by atoms with Gasteiger partial charge in [0.25, 0.3) is 5.91 Å². The maximum atomic E-state index is 12.5. The van der Waals surface area contributed by atoms with E-state index in [2.05, 4.69) is 25.3 Å². The summed E-state index contributed by atoms with van der Waals surface area (Å²) in [7, 11) is 1.89. The van der Waals surface area contributed by atoms with Crippen molar-refractivity contribution in [3.05, 3.63) is 66.5 Å². The van der Waals surface area contributed by atoms with Crippen LogP contribution >= 0.6 is 11.9 Å². The molecule has 0 radical (unpaired) electrons. The van der Waals surface area contributed by atoms with Crippen LogP contribution in [0.25, 0.3) is 0 Å². The molecule has 3 aromatic rings. The van der Waals surface area contributed by atoms with Gasteiger partial charge in [0, 0.05) is 41.0 Å². The highest BCUT2D eigenvalue weighted by molar-refractivity contribution is 7.97. The molecule has 0 bridgehead atoms. The molecule has 0 unspecified atom stereocenters. The molecule has 0 atom stereocenters. The lowest BCUT2D eigenvalue weighted by molar-refractivity contribution is 0.0793. The fraction of sp³-hybridized carbons (Fsp3) is 0.227. The van der Waals surface area contributed by atoms with Crippen LogP contribution in [-0.2, 0) is 0 Å². The van der Waals surface area contributed by atoms with Crippen LogP contribution in [0.4, 0.5) is 23.0 Å². The molecule has 2 aromatic carbocycles. The van der Waals surface area contributed by atoms with Gasteiger partial charge in [-0.2, -0.15) is 0 Å². The molecule has 1 aliphatic heterocycles. The number of hydrogen-bond acceptors (Lipinski definition) is 7. The van der Waals surface area contributed by atoms with Crippen molar-refractivity contribution < 1.29 is 4.79 Å². The molecule has 3 N–H and O–H groups in total. The van der Waals surface area contributed by atoms with Crippen molar-refractivity contribution in [3.63, 3.8) is 0 Å². The number of aromatic nitrogens is 2. The third-order valence-electron chi connectivity index (χ3n) is 4.79. The summed E-state index contributed by atoms with van der Waals surface area (Å²) in [6, 6.07) is 17.4. The molecule has 1 saturated heterocycles. The Hall–Kier alpha value is -3.10. The number of rotatable bonds is 7. The first-order valence-corrected chi connectivity index (χ1v) is 10.7. The minimum atomic E-state index is 0.103. The molecular weight excluding hydrogens is 396 g/mol. The molecule has 1 aromatic heterocycles. The number of anilines is 4. The van der Waals surface area contributed by atoms with Crippen LogP contribution in [0.15, 0.2) is 65.8 Å². The predicted molar refractivity (Wildman–Crippen MR) is 122 cm³/mol. The Bertz CT molecular complexity index is 1000. The van der Waals surface area contributed by atoms with Gasteiger partial charge in [-0.15, -0.1) is 0 Å². The molecular formula is C22H24N6OS. The van der Waals surface area contributed by atoms with E-state index >= 15 is 0 Å². The van der Waals surface area contributed by atoms with Gasteiger partial charge in [-0.25, -0.2) is 9.97 Å². The lowest BCUT2D eigenvalue weighted by atomic mass is 10.2. The second-order valence-corrected chi connectivity index (χ2v) is 8.03. The number of likely N-dealkylation sites (tertiary alicyclic amines) is 1. The summed E-state index contributed by atoms with van der Waals surface area (Å²) >= 11 is 1.55. The van der Waals surface area contributed by atoms with Crippen molar-refractivity contribution in [2.45, 2.75) is 17.7 Å². The first kappa shape index (κ1) is 20.2. The summed E-state index contributed by atoms with van der Waals surface area (Å²) in [5, 5.41) is 6.57. The second-order valence-electron chi connectivity index (χ2n) is 6.95. The van der Waals surface area contributed by atoms with E-state index in [1.165, 1.54) is 6.33 Å². The third-order valence-corrected chi connectivity index (χ3v) is 5.48. The normalized spacial score (nSPS) is 13.3. The maximum Gasteiger partial charge on any atom is 0.253 e. The van der Waals surface area contributed by atoms with Crippen molar-refractivity contribution in [2.75, 3.05) is 30.8 Å². The first-order chi connectivity index (χ1) is 14.7. The maximum absolute atomic E-state index is 12.5. The highest BCUT2D eigenvalue weighted by atomic mass is 32.2. The van der Waals surface area contributed by atoms with E-state index in [-0.39, 0.29) is 5.91 Å². The van der Waals surface area contributed by atoms with Crippen LogP contribution in [0.3, 0.4) is 0 Å². The van der Waals surface area contributed by atoms with E-state index < -0.39 is 0 Å². The Labute approximate surface area is 180 Å². The first-order valence-electron chi connectivity index (χ1n) is 9.90. The Morgan fingerprint density at radius 1 is 0.933 bits per heavy atom. The molecule has 30 heavy (non-hydrogen) atoms. The van der Waals surface area contributed by atoms with Crippen LogP contribution in [0.5, 0.6) is 0 Å². The van der Waals surface area contributed by atoms with E-state index in [4.69, 9.17) is 0 Å². The lowest BCUT2D eigenvalue weighted by Gasteiger charge is -2.15. The van der Waals surface area contributed by atoms with E-state index in [1.807, 2.05) is 66.5 Å². The molecule has 4 rings (SSSR count). The molecule has 0 spiro atoms. The molecule has 7 nitrogen and oxygen atoms in total. The summed E-state index contributed by atoms with van der Waals surface area (Å²) in [4.78, 5) is 24.1. The minimum Gasteiger partial charge on any atom is -0.340 e. The van der Waals surface area contributed by atoms with Crippen molar-refractivity contribution in [2.24, 2.45) is 0 Å². The molecule has 154 valence electrons. The fourth-order valence-corrected chi connectivity index (χ4v) is 3.91. The van der Waals surface area contributed by atoms with Crippen LogP contribution in [0.2, 0.25) is 0 Å². The van der Waals surface area contributed by atoms with Gasteiger partial charge in [0.05, 0.1) is 0 Å². The van der Waals surface area contributed by atoms with E-state index in [0.717, 1.165) is 42.2 Å². The van der Waals surface area contributed by atoms with Crippen LogP contribution in [0, 0.1) is 0 Å². The number of nitrogens with one attached hydrogen (secondary N) is 3. The summed E-state index contributed by atoms with van der Waals surface area (Å²) in [5.74, 6) is 1.47. The number of benzene rings is 2. The number of carbonyl (C=O) groups is 1. The predicted octanol–water partition coefficient (Wildman–Crippen LogP) is 4.43. The monoisotopic (exact) mass is 420 g/mol. The standard InChI is InChI=1S/C22H24N6OS/c1-23-30-19-6-4-5-18(13-19)27-21-14-20(24-15-25-21)26-17-9-7-16(8-10-17)22(29)28-11-2-3-12-28/h4-10,13-15,23H,2-3,11-12H2,1H3,(H2,24,25,26,27). The highest BCUT2D eigenvalue weighted by Crippen LogP contribution is 2.23. The summed E-state index contributed by atoms with van der Waals surface area (Å²) < 4.78 is 3.07. The van der Waals surface area contributed by atoms with Crippen molar-refractivity contribution in [1.82, 2.24) is 19.6 Å². The molecule has 8 heteroatoms. The van der Waals surface area contributed by atoms with Gasteiger partial charge in [0.2, 0.25) is 0 Å². The van der Waals surface area contributed by atoms with Crippen molar-refractivity contribution in [3.8, 4) is 0 Å². The quantitative estimate of drug-likeness (QED) is 0.488. The molecule has 0 saturated carbocycles. The summed E-state index contributed by atoms with van der Waals surface area (Å²) in [5.41, 5.74) is 2.53. The topological polar surface area (TPSA) is 82.2 Å². The van der Waals surface area contributed by atoms with Gasteiger partial charge < -0.3 is 15.5 Å². The fourth-order valence-electron chi connectivity index (χ4n) is 3.34. The van der Waals surface area contributed by atoms with Gasteiger partial charge in [0.1, 0.15) is 18.0 Å². The molecule has 1 aliphatic rings. The highest BCUT2D eigenvalue weighted by Gasteiger charge is 2.19. The zero-order valence-corrected chi connectivity index (χ0v) is 17.6. The third kappa shape index (κ3) is 5.08. The lowest BCUT2D eigenvalue weighted by Crippen LogP contribution is -2.27. The Morgan fingerprint density at radius 2 is 1.63 bits per heavy atom. The molecule has 1 fully saturated rings. The van der Waals surface area contributed by atoms with Gasteiger partial charge in [-0.1, -0.05) is 6.07 Å². The second kappa shape index (κ2) is 9.60. The Morgan fingerprint density at radius 3 is 2.33 bits per heavy atom. The van der Waals surface area contributed by atoms with Crippen LogP contribution < -0.4 is 15.4 Å². The van der Waals surface area contributed by atoms with E-state index in [1.54, 1.807) is 11.9 Å². The number of hydrogen-bond donors (Lipinski definition) is 3. The average molecular weight is 421 g/mol. The molecule has 1 amide bonds. The SMILES string of the molecule is CNSc1cccc(Nc2cc(Nc3ccc(C(=O)N4CCCC4)cc3)ncn2)c1. The number of amides is 1. The van der Waals surface area contributed by atoms with Crippen molar-refractivity contribution >= 4 is 40.9 Å². The Balaban J connectivity index is 1.41. The molecule has 0 aliphatic carbocycles. The minimum absolute atomic E-state index is 0.103. The van der Waals surface area contributed by atoms with Crippen molar-refractivity contribution in [1.29, 1.82) is 0 Å². The summed E-state index contributed by atoms with van der Waals surface area (Å²) in [6.45, 7) is 1.71. The molecule has 2 heterocycles. The van der Waals surface area contributed by atoms with Crippen LogP contribution in [0.1, 0.15) is 23.2 Å². The van der Waals surface area contributed by atoms with Gasteiger partial charge >= 0.3 is 0 Å². The zero-order chi connectivity index (χ0) is 20.8. The van der Waals surface area contributed by atoms with Gasteiger partial charge in [-0.05, 0) is 74.3 Å². The number of nitrogens with zero attached hydrogens (tertiary/aromatic N) is 3. The smallest absolute Gasteiger partial charge is 0.253 e. The van der Waals surface area contributed by atoms with Crippen LogP contribution in [-0.4, -0.2) is 40.9 Å². The summed E-state index contributed by atoms with van der Waals surface area (Å²) in [6.07, 6.45) is 3.70. The average Bonchev–Trinajstić information content (AvgIpc) is 3.30. The van der Waals surface area contributed by atoms with Gasteiger partial charge in [-0.3, -0.25) is 9.52 Å². The zero-order valence-electron chi connectivity index (χ0n) is 16.8. The van der Waals surface area contributed by atoms with Gasteiger partial charge in [0.15, 0.2) is 0 Å².